The summed E-state index contributed by atoms with van der Waals surface area (Å²) in [5.41, 5.74) is 2.31. The first kappa shape index (κ1) is 11.7. The van der Waals surface area contributed by atoms with Crippen LogP contribution in [0.4, 0.5) is 0 Å². The summed E-state index contributed by atoms with van der Waals surface area (Å²) in [5.74, 6) is -0.198. The van der Waals surface area contributed by atoms with Gasteiger partial charge in [-0.05, 0) is 19.5 Å². The molecule has 0 bridgehead atoms. The number of benzene rings is 1. The lowest BCUT2D eigenvalue weighted by Gasteiger charge is -2.15. The lowest BCUT2D eigenvalue weighted by molar-refractivity contribution is -0.141. The molecule has 1 aromatic carbocycles. The highest BCUT2D eigenvalue weighted by Crippen LogP contribution is 2.17. The minimum absolute atomic E-state index is 0.0253. The Morgan fingerprint density at radius 2 is 2.27 bits per heavy atom. The fourth-order valence-electron chi connectivity index (χ4n) is 1.52. The largest absolute Gasteiger partial charge is 0.469 e. The van der Waals surface area contributed by atoms with E-state index < -0.39 is 0 Å². The van der Waals surface area contributed by atoms with Crippen LogP contribution in [0.5, 0.6) is 0 Å². The van der Waals surface area contributed by atoms with Gasteiger partial charge < -0.3 is 10.1 Å². The molecule has 15 heavy (non-hydrogen) atoms. The summed E-state index contributed by atoms with van der Waals surface area (Å²) in [5, 5.41) is 3.11. The molecule has 0 amide bonds. The van der Waals surface area contributed by atoms with E-state index in [1.165, 1.54) is 12.7 Å². The molecular weight excluding hydrogens is 190 g/mol. The van der Waals surface area contributed by atoms with Crippen LogP contribution in [0.2, 0.25) is 0 Å². The highest BCUT2D eigenvalue weighted by molar-refractivity contribution is 5.70. The van der Waals surface area contributed by atoms with E-state index in [4.69, 9.17) is 0 Å². The quantitative estimate of drug-likeness (QED) is 0.765. The summed E-state index contributed by atoms with van der Waals surface area (Å²) in [6.45, 7) is 2.04. The van der Waals surface area contributed by atoms with Crippen molar-refractivity contribution in [2.24, 2.45) is 0 Å². The molecule has 1 atom stereocenters. The Kier molecular flexibility index (Phi) is 4.31. The smallest absolute Gasteiger partial charge is 0.307 e. The molecule has 0 spiro atoms. The second-order valence-corrected chi connectivity index (χ2v) is 3.54. The molecule has 1 N–H and O–H groups in total. The Morgan fingerprint density at radius 1 is 1.53 bits per heavy atom. The van der Waals surface area contributed by atoms with E-state index in [0.717, 1.165) is 5.56 Å². The van der Waals surface area contributed by atoms with Crippen LogP contribution in [0.25, 0.3) is 0 Å². The van der Waals surface area contributed by atoms with Crippen molar-refractivity contribution in [3.63, 3.8) is 0 Å². The second kappa shape index (κ2) is 5.51. The van der Waals surface area contributed by atoms with Crippen molar-refractivity contribution in [2.45, 2.75) is 19.4 Å². The van der Waals surface area contributed by atoms with Crippen LogP contribution in [0.15, 0.2) is 24.3 Å². The number of ether oxygens (including phenoxy) is 1. The highest BCUT2D eigenvalue weighted by Gasteiger charge is 2.14. The van der Waals surface area contributed by atoms with E-state index in [1.807, 2.05) is 32.2 Å². The summed E-state index contributed by atoms with van der Waals surface area (Å²) in [4.78, 5) is 11.2. The topological polar surface area (TPSA) is 38.3 Å². The molecular formula is C12H17NO2. The monoisotopic (exact) mass is 207 g/mol. The Morgan fingerprint density at radius 3 is 2.80 bits per heavy atom. The van der Waals surface area contributed by atoms with E-state index >= 15 is 0 Å². The van der Waals surface area contributed by atoms with E-state index in [9.17, 15) is 4.79 Å². The number of carbonyl (C=O) groups excluding carboxylic acids is 1. The lowest BCUT2D eigenvalue weighted by Crippen LogP contribution is -2.20. The zero-order valence-electron chi connectivity index (χ0n) is 9.41. The van der Waals surface area contributed by atoms with Gasteiger partial charge in [0.2, 0.25) is 0 Å². The predicted octanol–water partition coefficient (Wildman–Crippen LogP) is 1.82. The maximum Gasteiger partial charge on any atom is 0.307 e. The number of hydrogen-bond donors (Lipinski definition) is 1. The molecule has 0 fully saturated rings. The Hall–Kier alpha value is -1.35. The average Bonchev–Trinajstić information content (AvgIpc) is 2.25. The van der Waals surface area contributed by atoms with Crippen molar-refractivity contribution < 1.29 is 9.53 Å². The molecule has 1 unspecified atom stereocenters. The maximum atomic E-state index is 11.2. The maximum absolute atomic E-state index is 11.2. The number of rotatable bonds is 4. The number of esters is 1. The first-order chi connectivity index (χ1) is 7.17. The fourth-order valence-corrected chi connectivity index (χ4v) is 1.52. The number of methoxy groups -OCH3 is 1. The van der Waals surface area contributed by atoms with Crippen molar-refractivity contribution in [1.82, 2.24) is 5.32 Å². The predicted molar refractivity (Wildman–Crippen MR) is 59.6 cm³/mol. The molecule has 0 saturated carbocycles. The first-order valence-corrected chi connectivity index (χ1v) is 4.98. The van der Waals surface area contributed by atoms with Crippen LogP contribution < -0.4 is 5.32 Å². The fraction of sp³-hybridized carbons (Fsp3) is 0.417. The second-order valence-electron chi connectivity index (χ2n) is 3.54. The minimum atomic E-state index is -0.198. The molecule has 0 saturated heterocycles. The summed E-state index contributed by atoms with van der Waals surface area (Å²) >= 11 is 0. The zero-order valence-corrected chi connectivity index (χ0v) is 9.41. The summed E-state index contributed by atoms with van der Waals surface area (Å²) in [6, 6.07) is 8.14. The SMILES string of the molecule is CNC(CC(=O)OC)c1cccc(C)c1. The minimum Gasteiger partial charge on any atom is -0.469 e. The molecule has 3 nitrogen and oxygen atoms in total. The van der Waals surface area contributed by atoms with Crippen LogP contribution in [0.1, 0.15) is 23.6 Å². The summed E-state index contributed by atoms with van der Waals surface area (Å²) in [6.07, 6.45) is 0.358. The van der Waals surface area contributed by atoms with E-state index in [0.29, 0.717) is 6.42 Å². The third-order valence-corrected chi connectivity index (χ3v) is 2.39. The number of aryl methyl sites for hydroxylation is 1. The number of nitrogens with one attached hydrogen (secondary N) is 1. The van der Waals surface area contributed by atoms with Crippen LogP contribution >= 0.6 is 0 Å². The number of hydrogen-bond acceptors (Lipinski definition) is 3. The molecule has 1 rings (SSSR count). The Labute approximate surface area is 90.4 Å². The summed E-state index contributed by atoms with van der Waals surface area (Å²) in [7, 11) is 3.25. The van der Waals surface area contributed by atoms with Gasteiger partial charge in [-0.25, -0.2) is 0 Å². The van der Waals surface area contributed by atoms with Gasteiger partial charge in [-0.3, -0.25) is 4.79 Å². The third kappa shape index (κ3) is 3.36. The van der Waals surface area contributed by atoms with Gasteiger partial charge in [0.1, 0.15) is 0 Å². The van der Waals surface area contributed by atoms with Gasteiger partial charge in [0.05, 0.1) is 13.5 Å². The Bertz CT molecular complexity index is 336. The van der Waals surface area contributed by atoms with Crippen LogP contribution in [-0.2, 0) is 9.53 Å². The van der Waals surface area contributed by atoms with Gasteiger partial charge in [-0.1, -0.05) is 29.8 Å². The summed E-state index contributed by atoms with van der Waals surface area (Å²) < 4.78 is 4.66. The normalized spacial score (nSPS) is 12.2. The molecule has 0 aromatic heterocycles. The van der Waals surface area contributed by atoms with Crippen LogP contribution in [-0.4, -0.2) is 20.1 Å². The first-order valence-electron chi connectivity index (χ1n) is 4.98. The van der Waals surface area contributed by atoms with Crippen molar-refractivity contribution in [3.05, 3.63) is 35.4 Å². The van der Waals surface area contributed by atoms with E-state index in [1.54, 1.807) is 0 Å². The van der Waals surface area contributed by atoms with E-state index in [-0.39, 0.29) is 12.0 Å². The molecule has 0 aliphatic heterocycles. The van der Waals surface area contributed by atoms with E-state index in [2.05, 4.69) is 16.1 Å². The molecule has 3 heteroatoms. The van der Waals surface area contributed by atoms with Crippen LogP contribution in [0.3, 0.4) is 0 Å². The average molecular weight is 207 g/mol. The van der Waals surface area contributed by atoms with Crippen molar-refractivity contribution in [2.75, 3.05) is 14.2 Å². The highest BCUT2D eigenvalue weighted by atomic mass is 16.5. The van der Waals surface area contributed by atoms with Crippen molar-refractivity contribution in [3.8, 4) is 0 Å². The van der Waals surface area contributed by atoms with Gasteiger partial charge in [0.15, 0.2) is 0 Å². The van der Waals surface area contributed by atoms with Gasteiger partial charge in [-0.2, -0.15) is 0 Å². The standard InChI is InChI=1S/C12H17NO2/c1-9-5-4-6-10(7-9)11(13-2)8-12(14)15-3/h4-7,11,13H,8H2,1-3H3. The third-order valence-electron chi connectivity index (χ3n) is 2.39. The van der Waals surface area contributed by atoms with Gasteiger partial charge in [-0.15, -0.1) is 0 Å². The molecule has 0 aliphatic carbocycles. The van der Waals surface area contributed by atoms with Gasteiger partial charge in [0, 0.05) is 6.04 Å². The lowest BCUT2D eigenvalue weighted by atomic mass is 10.0. The van der Waals surface area contributed by atoms with Gasteiger partial charge in [0.25, 0.3) is 0 Å². The molecule has 0 heterocycles. The van der Waals surface area contributed by atoms with Gasteiger partial charge >= 0.3 is 5.97 Å². The molecule has 1 aromatic rings. The molecule has 0 aliphatic rings. The molecule has 82 valence electrons. The van der Waals surface area contributed by atoms with Crippen LogP contribution in [0, 0.1) is 6.92 Å². The zero-order chi connectivity index (χ0) is 11.3. The van der Waals surface area contributed by atoms with Crippen molar-refractivity contribution >= 4 is 5.97 Å². The van der Waals surface area contributed by atoms with Crippen molar-refractivity contribution in [1.29, 1.82) is 0 Å². The number of carbonyl (C=O) groups is 1. The Balaban J connectivity index is 2.78. The molecule has 0 radical (unpaired) electrons.